The fourth-order valence-electron chi connectivity index (χ4n) is 6.54. The van der Waals surface area contributed by atoms with Gasteiger partial charge in [0, 0.05) is 5.41 Å². The molecule has 252 valence electrons. The van der Waals surface area contributed by atoms with Crippen molar-refractivity contribution in [3.8, 4) is 11.1 Å². The van der Waals surface area contributed by atoms with Crippen LogP contribution in [-0.4, -0.2) is 27.5 Å². The Bertz CT molecular complexity index is 1470. The maximum atomic E-state index is 12.0. The van der Waals surface area contributed by atoms with Crippen LogP contribution in [0.3, 0.4) is 0 Å². The summed E-state index contributed by atoms with van der Waals surface area (Å²) in [5.74, 6) is -0.487. The molecule has 0 aromatic heterocycles. The Kier molecular flexibility index (Phi) is 12.0. The molecule has 0 amide bonds. The molecule has 0 saturated carbocycles. The van der Waals surface area contributed by atoms with Crippen LogP contribution in [0.2, 0.25) is 18.1 Å². The van der Waals surface area contributed by atoms with Crippen molar-refractivity contribution in [2.45, 2.75) is 137 Å². The molecule has 3 rings (SSSR count). The first kappa shape index (κ1) is 37.8. The van der Waals surface area contributed by atoms with Crippen molar-refractivity contribution in [3.63, 3.8) is 0 Å². The van der Waals surface area contributed by atoms with Gasteiger partial charge in [-0.05, 0) is 115 Å². The number of benzene rings is 3. The highest BCUT2D eigenvalue weighted by Gasteiger charge is 2.41. The van der Waals surface area contributed by atoms with Gasteiger partial charge < -0.3 is 9.16 Å². The number of esters is 1. The normalized spacial score (nSPS) is 14.2. The standard InChI is InChI=1S/C42H62O3Si/c1-15-42(16-2,36-24-25-37(30(4)28-36)34-19-17-33(18-20-34)31(5)39(43)44-12)35-23-21-32(29(3)27-35)22-26-38(40(6,7)8)45-46(13,14)41(9,10)11/h17-21,23-25,27-28,31,38H,15-16,22,26H2,1-14H3/t31-,38?/m0/s1. The molecule has 0 bridgehead atoms. The summed E-state index contributed by atoms with van der Waals surface area (Å²) >= 11 is 0. The minimum absolute atomic E-state index is 0.0498. The van der Waals surface area contributed by atoms with E-state index < -0.39 is 8.32 Å². The Morgan fingerprint density at radius 3 is 1.80 bits per heavy atom. The molecule has 0 heterocycles. The molecule has 0 spiro atoms. The first-order valence-corrected chi connectivity index (χ1v) is 20.3. The van der Waals surface area contributed by atoms with Gasteiger partial charge in [-0.3, -0.25) is 4.79 Å². The van der Waals surface area contributed by atoms with Crippen molar-refractivity contribution in [1.29, 1.82) is 0 Å². The van der Waals surface area contributed by atoms with Crippen LogP contribution in [0.1, 0.15) is 121 Å². The van der Waals surface area contributed by atoms with E-state index >= 15 is 0 Å². The molecule has 3 aromatic rings. The Hall–Kier alpha value is -2.69. The number of methoxy groups -OCH3 is 1. The minimum atomic E-state index is -1.87. The van der Waals surface area contributed by atoms with Crippen molar-refractivity contribution in [3.05, 3.63) is 94.0 Å². The number of carbonyl (C=O) groups excluding carboxylic acids is 1. The second-order valence-electron chi connectivity index (χ2n) is 16.1. The van der Waals surface area contributed by atoms with Gasteiger partial charge in [-0.15, -0.1) is 0 Å². The zero-order chi connectivity index (χ0) is 34.7. The van der Waals surface area contributed by atoms with Gasteiger partial charge in [0.1, 0.15) is 0 Å². The fourth-order valence-corrected chi connectivity index (χ4v) is 8.08. The summed E-state index contributed by atoms with van der Waals surface area (Å²) in [6, 6.07) is 22.5. The SMILES string of the molecule is CCC(CC)(c1ccc(CCC(O[Si](C)(C)C(C)(C)C)C(C)(C)C)c(C)c1)c1ccc(-c2ccc([C@H](C)C(=O)OC)cc2)c(C)c1. The first-order valence-electron chi connectivity index (χ1n) is 17.4. The summed E-state index contributed by atoms with van der Waals surface area (Å²) in [6.07, 6.45) is 4.36. The molecule has 46 heavy (non-hydrogen) atoms. The van der Waals surface area contributed by atoms with E-state index in [-0.39, 0.29) is 33.9 Å². The summed E-state index contributed by atoms with van der Waals surface area (Å²) in [5.41, 5.74) is 10.2. The highest BCUT2D eigenvalue weighted by molar-refractivity contribution is 6.74. The van der Waals surface area contributed by atoms with Crippen molar-refractivity contribution in [2.75, 3.05) is 7.11 Å². The molecular formula is C42H62O3Si. The molecule has 0 aliphatic heterocycles. The second kappa shape index (κ2) is 14.6. The van der Waals surface area contributed by atoms with Crippen LogP contribution in [0.15, 0.2) is 60.7 Å². The molecule has 0 fully saturated rings. The molecule has 1 unspecified atom stereocenters. The van der Waals surface area contributed by atoms with E-state index in [9.17, 15) is 4.79 Å². The van der Waals surface area contributed by atoms with E-state index in [4.69, 9.17) is 9.16 Å². The number of aryl methyl sites for hydroxylation is 3. The van der Waals surface area contributed by atoms with Crippen molar-refractivity contribution < 1.29 is 14.0 Å². The molecular weight excluding hydrogens is 581 g/mol. The Morgan fingerprint density at radius 1 is 0.804 bits per heavy atom. The van der Waals surface area contributed by atoms with Crippen LogP contribution in [-0.2, 0) is 25.8 Å². The summed E-state index contributed by atoms with van der Waals surface area (Å²) in [4.78, 5) is 12.0. The maximum Gasteiger partial charge on any atom is 0.312 e. The quantitative estimate of drug-likeness (QED) is 0.146. The van der Waals surface area contributed by atoms with Crippen LogP contribution in [0.5, 0.6) is 0 Å². The van der Waals surface area contributed by atoms with E-state index in [1.807, 2.05) is 19.1 Å². The van der Waals surface area contributed by atoms with E-state index in [1.54, 1.807) is 0 Å². The molecule has 0 aliphatic carbocycles. The molecule has 3 aromatic carbocycles. The van der Waals surface area contributed by atoms with Crippen LogP contribution in [0.25, 0.3) is 11.1 Å². The Morgan fingerprint density at radius 2 is 1.35 bits per heavy atom. The van der Waals surface area contributed by atoms with Crippen LogP contribution in [0.4, 0.5) is 0 Å². The van der Waals surface area contributed by atoms with Gasteiger partial charge in [-0.2, -0.15) is 0 Å². The van der Waals surface area contributed by atoms with E-state index in [0.29, 0.717) is 0 Å². The van der Waals surface area contributed by atoms with Gasteiger partial charge in [0.05, 0.1) is 19.1 Å². The number of rotatable bonds is 12. The average molecular weight is 643 g/mol. The lowest BCUT2D eigenvalue weighted by Gasteiger charge is -2.43. The zero-order valence-electron chi connectivity index (χ0n) is 31.5. The molecule has 0 saturated heterocycles. The van der Waals surface area contributed by atoms with Crippen LogP contribution in [0, 0.1) is 19.3 Å². The third-order valence-electron chi connectivity index (χ3n) is 11.0. The van der Waals surface area contributed by atoms with Gasteiger partial charge in [-0.25, -0.2) is 0 Å². The average Bonchev–Trinajstić information content (AvgIpc) is 2.99. The van der Waals surface area contributed by atoms with Crippen LogP contribution >= 0.6 is 0 Å². The third kappa shape index (κ3) is 8.23. The number of hydrogen-bond donors (Lipinski definition) is 0. The van der Waals surface area contributed by atoms with Gasteiger partial charge >= 0.3 is 5.97 Å². The number of hydrogen-bond acceptors (Lipinski definition) is 3. The maximum absolute atomic E-state index is 12.0. The van der Waals surface area contributed by atoms with Crippen molar-refractivity contribution >= 4 is 14.3 Å². The molecule has 4 heteroatoms. The molecule has 2 atom stereocenters. The zero-order valence-corrected chi connectivity index (χ0v) is 32.5. The lowest BCUT2D eigenvalue weighted by atomic mass is 9.69. The van der Waals surface area contributed by atoms with E-state index in [2.05, 4.69) is 131 Å². The first-order chi connectivity index (χ1) is 21.3. The van der Waals surface area contributed by atoms with Gasteiger partial charge in [0.15, 0.2) is 8.32 Å². The second-order valence-corrected chi connectivity index (χ2v) is 20.9. The molecule has 0 radical (unpaired) electrons. The van der Waals surface area contributed by atoms with Crippen molar-refractivity contribution in [1.82, 2.24) is 0 Å². The predicted molar refractivity (Wildman–Crippen MR) is 199 cm³/mol. The number of carbonyl (C=O) groups is 1. The monoisotopic (exact) mass is 642 g/mol. The highest BCUT2D eigenvalue weighted by Crippen LogP contribution is 2.43. The topological polar surface area (TPSA) is 35.5 Å². The lowest BCUT2D eigenvalue weighted by molar-refractivity contribution is -0.141. The molecule has 3 nitrogen and oxygen atoms in total. The summed E-state index contributed by atoms with van der Waals surface area (Å²) < 4.78 is 11.9. The summed E-state index contributed by atoms with van der Waals surface area (Å²) in [5, 5.41) is 0.198. The minimum Gasteiger partial charge on any atom is -0.469 e. The molecule has 0 aliphatic rings. The molecule has 0 N–H and O–H groups in total. The fraction of sp³-hybridized carbons (Fsp3) is 0.548. The summed E-state index contributed by atoms with van der Waals surface area (Å²) in [7, 11) is -0.431. The lowest BCUT2D eigenvalue weighted by Crippen LogP contribution is -2.47. The third-order valence-corrected chi connectivity index (χ3v) is 15.5. The van der Waals surface area contributed by atoms with Gasteiger partial charge in [-0.1, -0.05) is 116 Å². The van der Waals surface area contributed by atoms with Crippen LogP contribution < -0.4 is 0 Å². The van der Waals surface area contributed by atoms with E-state index in [0.717, 1.165) is 36.8 Å². The van der Waals surface area contributed by atoms with Gasteiger partial charge in [0.25, 0.3) is 0 Å². The highest BCUT2D eigenvalue weighted by atomic mass is 28.4. The Labute approximate surface area is 282 Å². The summed E-state index contributed by atoms with van der Waals surface area (Å²) in [6.45, 7) is 29.7. The Balaban J connectivity index is 1.88. The van der Waals surface area contributed by atoms with Gasteiger partial charge in [0.2, 0.25) is 0 Å². The smallest absolute Gasteiger partial charge is 0.312 e. The predicted octanol–water partition coefficient (Wildman–Crippen LogP) is 11.7. The van der Waals surface area contributed by atoms with Crippen molar-refractivity contribution in [2.24, 2.45) is 5.41 Å². The number of ether oxygens (including phenoxy) is 1. The largest absolute Gasteiger partial charge is 0.469 e. The van der Waals surface area contributed by atoms with E-state index in [1.165, 1.54) is 40.5 Å².